The molecule has 5 nitrogen and oxygen atoms in total. The molecule has 0 N–H and O–H groups in total. The molecule has 0 spiro atoms. The molecular weight excluding hydrogens is 366 g/mol. The Morgan fingerprint density at radius 3 is 2.46 bits per heavy atom. The number of carbonyl (C=O) groups is 1. The van der Waals surface area contributed by atoms with E-state index in [0.717, 1.165) is 29.5 Å². The number of rotatable bonds is 5. The van der Waals surface area contributed by atoms with Gasteiger partial charge < -0.3 is 4.90 Å². The van der Waals surface area contributed by atoms with Gasteiger partial charge in [0, 0.05) is 24.0 Å². The third-order valence-electron chi connectivity index (χ3n) is 4.90. The summed E-state index contributed by atoms with van der Waals surface area (Å²) in [6.45, 7) is 10.0. The monoisotopic (exact) mass is 393 g/mol. The highest BCUT2D eigenvalue weighted by Gasteiger charge is 2.28. The van der Waals surface area contributed by atoms with Gasteiger partial charge in [-0.1, -0.05) is 11.8 Å². The third kappa shape index (κ3) is 3.31. The molecule has 0 aromatic carbocycles. The predicted octanol–water partition coefficient (Wildman–Crippen LogP) is 3.61. The molecular formula is C19H27N3O2S2. The van der Waals surface area contributed by atoms with E-state index in [1.807, 2.05) is 39.5 Å². The standard InChI is InChI=1S/C19H27N3O2S2/c1-10(2)22(11(3)4)17(23)12(5)25-19-20-16-15(18(24)21(19)6)13-8-7-9-14(13)26-16/h10-12H,7-9H2,1-6H3/t12-/m1/s1. The lowest BCUT2D eigenvalue weighted by atomic mass is 10.2. The number of thioether (sulfide) groups is 1. The zero-order chi connectivity index (χ0) is 19.2. The summed E-state index contributed by atoms with van der Waals surface area (Å²) in [5, 5.41) is 1.12. The van der Waals surface area contributed by atoms with E-state index in [0.29, 0.717) is 5.16 Å². The van der Waals surface area contributed by atoms with E-state index >= 15 is 0 Å². The van der Waals surface area contributed by atoms with Crippen LogP contribution >= 0.6 is 23.1 Å². The van der Waals surface area contributed by atoms with Crippen molar-refractivity contribution in [1.82, 2.24) is 14.5 Å². The number of carbonyl (C=O) groups excluding carboxylic acids is 1. The van der Waals surface area contributed by atoms with Gasteiger partial charge in [0.1, 0.15) is 4.83 Å². The fraction of sp³-hybridized carbons (Fsp3) is 0.632. The van der Waals surface area contributed by atoms with Crippen LogP contribution in [0.3, 0.4) is 0 Å². The molecule has 7 heteroatoms. The minimum Gasteiger partial charge on any atom is -0.337 e. The maximum absolute atomic E-state index is 12.9. The summed E-state index contributed by atoms with van der Waals surface area (Å²) in [5.41, 5.74) is 1.21. The summed E-state index contributed by atoms with van der Waals surface area (Å²) in [5.74, 6) is 0.0861. The lowest BCUT2D eigenvalue weighted by Gasteiger charge is -2.32. The average Bonchev–Trinajstić information content (AvgIpc) is 3.11. The van der Waals surface area contributed by atoms with Gasteiger partial charge in [0.15, 0.2) is 5.16 Å². The van der Waals surface area contributed by atoms with Crippen molar-refractivity contribution in [2.45, 2.75) is 76.4 Å². The van der Waals surface area contributed by atoms with Crippen LogP contribution in [0.1, 0.15) is 51.5 Å². The molecule has 1 amide bonds. The number of aryl methyl sites for hydroxylation is 2. The summed E-state index contributed by atoms with van der Waals surface area (Å²) in [6, 6.07) is 0.287. The van der Waals surface area contributed by atoms with Crippen molar-refractivity contribution in [3.05, 3.63) is 20.8 Å². The summed E-state index contributed by atoms with van der Waals surface area (Å²) >= 11 is 3.02. The van der Waals surface area contributed by atoms with Crippen LogP contribution in [0.4, 0.5) is 0 Å². The Balaban J connectivity index is 1.93. The number of hydrogen-bond acceptors (Lipinski definition) is 5. The SMILES string of the molecule is CC(C)N(C(=O)[C@@H](C)Sc1nc2sc3c(c2c(=O)n1C)CCC3)C(C)C. The molecule has 1 aliphatic carbocycles. The van der Waals surface area contributed by atoms with Crippen molar-refractivity contribution in [3.63, 3.8) is 0 Å². The summed E-state index contributed by atoms with van der Waals surface area (Å²) in [4.78, 5) is 34.6. The molecule has 0 unspecified atom stereocenters. The van der Waals surface area contributed by atoms with Crippen molar-refractivity contribution in [2.24, 2.45) is 7.05 Å². The zero-order valence-corrected chi connectivity index (χ0v) is 18.0. The van der Waals surface area contributed by atoms with Gasteiger partial charge in [-0.25, -0.2) is 4.98 Å². The van der Waals surface area contributed by atoms with Crippen LogP contribution in [0.2, 0.25) is 0 Å². The van der Waals surface area contributed by atoms with Crippen LogP contribution in [0, 0.1) is 0 Å². The van der Waals surface area contributed by atoms with Gasteiger partial charge in [0.05, 0.1) is 10.6 Å². The highest BCUT2D eigenvalue weighted by Crippen LogP contribution is 2.36. The summed E-state index contributed by atoms with van der Waals surface area (Å²) < 4.78 is 1.61. The van der Waals surface area contributed by atoms with Gasteiger partial charge in [-0.2, -0.15) is 0 Å². The number of amides is 1. The molecule has 1 atom stereocenters. The van der Waals surface area contributed by atoms with Crippen molar-refractivity contribution < 1.29 is 4.79 Å². The Hall–Kier alpha value is -1.34. The number of thiophene rings is 1. The smallest absolute Gasteiger partial charge is 0.262 e. The second-order valence-electron chi connectivity index (χ2n) is 7.49. The van der Waals surface area contributed by atoms with Gasteiger partial charge in [0.2, 0.25) is 5.91 Å². The molecule has 0 saturated carbocycles. The van der Waals surface area contributed by atoms with Crippen LogP contribution in [0.15, 0.2) is 9.95 Å². The molecule has 0 saturated heterocycles. The van der Waals surface area contributed by atoms with Crippen molar-refractivity contribution >= 4 is 39.2 Å². The number of fused-ring (bicyclic) bond motifs is 3. The Labute approximate surface area is 162 Å². The summed E-state index contributed by atoms with van der Waals surface area (Å²) in [7, 11) is 1.76. The van der Waals surface area contributed by atoms with Crippen molar-refractivity contribution in [1.29, 1.82) is 0 Å². The molecule has 142 valence electrons. The summed E-state index contributed by atoms with van der Waals surface area (Å²) in [6.07, 6.45) is 3.16. The van der Waals surface area contributed by atoms with E-state index < -0.39 is 0 Å². The lowest BCUT2D eigenvalue weighted by Crippen LogP contribution is -2.45. The first-order valence-electron chi connectivity index (χ1n) is 9.22. The Bertz CT molecular complexity index is 890. The third-order valence-corrected chi connectivity index (χ3v) is 7.22. The number of hydrogen-bond donors (Lipinski definition) is 0. The largest absolute Gasteiger partial charge is 0.337 e. The van der Waals surface area contributed by atoms with Crippen LogP contribution < -0.4 is 5.56 Å². The highest BCUT2D eigenvalue weighted by molar-refractivity contribution is 8.00. The van der Waals surface area contributed by atoms with Gasteiger partial charge in [-0.15, -0.1) is 11.3 Å². The highest BCUT2D eigenvalue weighted by atomic mass is 32.2. The van der Waals surface area contributed by atoms with Crippen molar-refractivity contribution in [3.8, 4) is 0 Å². The van der Waals surface area contributed by atoms with Crippen LogP contribution in [-0.4, -0.2) is 37.7 Å². The number of nitrogens with zero attached hydrogens (tertiary/aromatic N) is 3. The Kier molecular flexibility index (Phi) is 5.49. The van der Waals surface area contributed by atoms with Crippen LogP contribution in [0.5, 0.6) is 0 Å². The molecule has 0 bridgehead atoms. The quantitative estimate of drug-likeness (QED) is 0.575. The Morgan fingerprint density at radius 1 is 1.19 bits per heavy atom. The minimum absolute atomic E-state index is 0.0149. The fourth-order valence-corrected chi connectivity index (χ4v) is 5.97. The lowest BCUT2D eigenvalue weighted by molar-refractivity contribution is -0.133. The maximum atomic E-state index is 12.9. The normalized spacial score (nSPS) is 15.1. The first-order chi connectivity index (χ1) is 12.2. The average molecular weight is 394 g/mol. The first kappa shape index (κ1) is 19.4. The van der Waals surface area contributed by atoms with E-state index in [-0.39, 0.29) is 28.8 Å². The molecule has 0 aliphatic heterocycles. The van der Waals surface area contributed by atoms with Gasteiger partial charge in [-0.05, 0) is 59.4 Å². The van der Waals surface area contributed by atoms with Gasteiger partial charge in [-0.3, -0.25) is 14.2 Å². The maximum Gasteiger partial charge on any atom is 0.262 e. The molecule has 2 heterocycles. The molecule has 0 fully saturated rings. The molecule has 2 aromatic rings. The molecule has 2 aromatic heterocycles. The second-order valence-corrected chi connectivity index (χ2v) is 9.88. The molecule has 0 radical (unpaired) electrons. The zero-order valence-electron chi connectivity index (χ0n) is 16.3. The van der Waals surface area contributed by atoms with Crippen LogP contribution in [0.25, 0.3) is 10.2 Å². The predicted molar refractivity (Wildman–Crippen MR) is 109 cm³/mol. The van der Waals surface area contributed by atoms with Gasteiger partial charge >= 0.3 is 0 Å². The Morgan fingerprint density at radius 2 is 1.85 bits per heavy atom. The van der Waals surface area contributed by atoms with Gasteiger partial charge in [0.25, 0.3) is 5.56 Å². The molecule has 1 aliphatic rings. The van der Waals surface area contributed by atoms with E-state index in [4.69, 9.17) is 4.98 Å². The number of aromatic nitrogens is 2. The topological polar surface area (TPSA) is 55.2 Å². The van der Waals surface area contributed by atoms with E-state index in [9.17, 15) is 9.59 Å². The second kappa shape index (κ2) is 7.35. The van der Waals surface area contributed by atoms with E-state index in [1.54, 1.807) is 23.0 Å². The van der Waals surface area contributed by atoms with E-state index in [1.165, 1.54) is 22.2 Å². The minimum atomic E-state index is -0.290. The molecule has 26 heavy (non-hydrogen) atoms. The van der Waals surface area contributed by atoms with Crippen LogP contribution in [-0.2, 0) is 24.7 Å². The molecule has 3 rings (SSSR count). The van der Waals surface area contributed by atoms with E-state index in [2.05, 4.69) is 0 Å². The first-order valence-corrected chi connectivity index (χ1v) is 10.9. The fourth-order valence-electron chi connectivity index (χ4n) is 3.73. The van der Waals surface area contributed by atoms with Crippen molar-refractivity contribution in [2.75, 3.05) is 0 Å².